The molecule has 0 saturated heterocycles. The normalized spacial score (nSPS) is 11.8. The van der Waals surface area contributed by atoms with Crippen molar-refractivity contribution in [3.05, 3.63) is 27.7 Å². The number of carboxylic acid groups (broad SMARTS) is 1. The van der Waals surface area contributed by atoms with Crippen LogP contribution in [-0.4, -0.2) is 36.9 Å². The van der Waals surface area contributed by atoms with Gasteiger partial charge in [-0.1, -0.05) is 23.2 Å². The van der Waals surface area contributed by atoms with Crippen LogP contribution in [0.4, 0.5) is 10.5 Å². The summed E-state index contributed by atoms with van der Waals surface area (Å²) < 4.78 is 4.92. The molecule has 3 N–H and O–H groups in total. The molecule has 0 spiro atoms. The lowest BCUT2D eigenvalue weighted by atomic mass is 10.2. The van der Waals surface area contributed by atoms with Crippen LogP contribution in [0.5, 0.6) is 0 Å². The van der Waals surface area contributed by atoms with Crippen LogP contribution in [0.3, 0.4) is 0 Å². The van der Waals surface area contributed by atoms with E-state index in [4.69, 9.17) is 33.0 Å². The second kappa shape index (κ2) is 8.07. The van der Waals surface area contributed by atoms with Gasteiger partial charge < -0.3 is 20.5 Å². The summed E-state index contributed by atoms with van der Waals surface area (Å²) in [6.07, 6.45) is 0.656. The van der Waals surface area contributed by atoms with E-state index in [2.05, 4.69) is 10.6 Å². The minimum atomic E-state index is -1.15. The van der Waals surface area contributed by atoms with Crippen LogP contribution in [0.2, 0.25) is 10.0 Å². The first-order chi connectivity index (χ1) is 9.85. The third kappa shape index (κ3) is 5.41. The summed E-state index contributed by atoms with van der Waals surface area (Å²) in [4.78, 5) is 22.7. The zero-order valence-electron chi connectivity index (χ0n) is 11.6. The fourth-order valence-electron chi connectivity index (χ4n) is 1.56. The molecule has 0 aliphatic rings. The van der Waals surface area contributed by atoms with E-state index in [-0.39, 0.29) is 27.3 Å². The van der Waals surface area contributed by atoms with Gasteiger partial charge in [0.15, 0.2) is 0 Å². The van der Waals surface area contributed by atoms with Crippen molar-refractivity contribution in [1.82, 2.24) is 5.32 Å². The average Bonchev–Trinajstić information content (AvgIpc) is 2.40. The van der Waals surface area contributed by atoms with E-state index in [1.165, 1.54) is 12.1 Å². The fourth-order valence-corrected chi connectivity index (χ4v) is 2.14. The van der Waals surface area contributed by atoms with Gasteiger partial charge in [-0.2, -0.15) is 0 Å². The predicted octanol–water partition coefficient (Wildman–Crippen LogP) is 3.24. The lowest BCUT2D eigenvalue weighted by Crippen LogP contribution is -2.36. The van der Waals surface area contributed by atoms with E-state index in [0.717, 1.165) is 0 Å². The topological polar surface area (TPSA) is 87.7 Å². The lowest BCUT2D eigenvalue weighted by molar-refractivity contribution is 0.0697. The standard InChI is InChI=1S/C13H16Cl2N2O4/c1-7(3-4-21-2)16-13(20)17-11-9(14)5-8(12(18)19)6-10(11)15/h5-7H,3-4H2,1-2H3,(H,18,19)(H2,16,17,20). The number of aromatic carboxylic acids is 1. The fraction of sp³-hybridized carbons (Fsp3) is 0.385. The Morgan fingerprint density at radius 2 is 1.90 bits per heavy atom. The van der Waals surface area contributed by atoms with Crippen LogP contribution in [0.1, 0.15) is 23.7 Å². The number of carbonyl (C=O) groups excluding carboxylic acids is 1. The molecule has 1 aromatic carbocycles. The Morgan fingerprint density at radius 3 is 2.38 bits per heavy atom. The molecule has 116 valence electrons. The van der Waals surface area contributed by atoms with Gasteiger partial charge in [-0.3, -0.25) is 0 Å². The van der Waals surface area contributed by atoms with Crippen molar-refractivity contribution in [3.63, 3.8) is 0 Å². The van der Waals surface area contributed by atoms with Crippen LogP contribution < -0.4 is 10.6 Å². The number of amides is 2. The van der Waals surface area contributed by atoms with Gasteiger partial charge in [0.25, 0.3) is 0 Å². The largest absolute Gasteiger partial charge is 0.478 e. The Labute approximate surface area is 132 Å². The molecule has 2 amide bonds. The second-order valence-corrected chi connectivity index (χ2v) is 5.22. The number of anilines is 1. The predicted molar refractivity (Wildman–Crippen MR) is 81.5 cm³/mol. The quantitative estimate of drug-likeness (QED) is 0.745. The number of methoxy groups -OCH3 is 1. The van der Waals surface area contributed by atoms with E-state index in [0.29, 0.717) is 13.0 Å². The number of ether oxygens (including phenoxy) is 1. The van der Waals surface area contributed by atoms with Gasteiger partial charge in [-0.05, 0) is 25.5 Å². The van der Waals surface area contributed by atoms with Gasteiger partial charge in [-0.25, -0.2) is 9.59 Å². The maximum Gasteiger partial charge on any atom is 0.335 e. The molecule has 0 aliphatic heterocycles. The number of benzene rings is 1. The van der Waals surface area contributed by atoms with Gasteiger partial charge in [0.05, 0.1) is 21.3 Å². The zero-order chi connectivity index (χ0) is 16.0. The summed E-state index contributed by atoms with van der Waals surface area (Å²) in [6, 6.07) is 1.87. The molecule has 0 heterocycles. The highest BCUT2D eigenvalue weighted by Crippen LogP contribution is 2.31. The van der Waals surface area contributed by atoms with Crippen molar-refractivity contribution >= 4 is 40.9 Å². The van der Waals surface area contributed by atoms with Crippen LogP contribution in [0.15, 0.2) is 12.1 Å². The Hall–Kier alpha value is -1.50. The smallest absolute Gasteiger partial charge is 0.335 e. The van der Waals surface area contributed by atoms with E-state index < -0.39 is 12.0 Å². The lowest BCUT2D eigenvalue weighted by Gasteiger charge is -2.15. The number of rotatable bonds is 6. The molecule has 1 atom stereocenters. The number of nitrogens with one attached hydrogen (secondary N) is 2. The second-order valence-electron chi connectivity index (χ2n) is 4.40. The summed E-state index contributed by atoms with van der Waals surface area (Å²) in [7, 11) is 1.58. The van der Waals surface area contributed by atoms with E-state index in [1.807, 2.05) is 6.92 Å². The molecule has 1 aromatic rings. The SMILES string of the molecule is COCCC(C)NC(=O)Nc1c(Cl)cc(C(=O)O)cc1Cl. The maximum absolute atomic E-state index is 11.8. The third-order valence-electron chi connectivity index (χ3n) is 2.66. The van der Waals surface area contributed by atoms with Crippen LogP contribution >= 0.6 is 23.2 Å². The van der Waals surface area contributed by atoms with Crippen LogP contribution in [-0.2, 0) is 4.74 Å². The molecule has 0 radical (unpaired) electrons. The van der Waals surface area contributed by atoms with E-state index >= 15 is 0 Å². The summed E-state index contributed by atoms with van der Waals surface area (Å²) in [5.41, 5.74) is 0.115. The first kappa shape index (κ1) is 17.6. The van der Waals surface area contributed by atoms with Crippen LogP contribution in [0.25, 0.3) is 0 Å². The molecular weight excluding hydrogens is 319 g/mol. The summed E-state index contributed by atoms with van der Waals surface area (Å²) in [5.74, 6) is -1.15. The van der Waals surface area contributed by atoms with Crippen molar-refractivity contribution in [3.8, 4) is 0 Å². The number of carboxylic acids is 1. The van der Waals surface area contributed by atoms with E-state index in [9.17, 15) is 9.59 Å². The van der Waals surface area contributed by atoms with Crippen molar-refractivity contribution < 1.29 is 19.4 Å². The molecular formula is C13H16Cl2N2O4. The van der Waals surface area contributed by atoms with Crippen LogP contribution in [0, 0.1) is 0 Å². The highest BCUT2D eigenvalue weighted by atomic mass is 35.5. The molecule has 0 saturated carbocycles. The van der Waals surface area contributed by atoms with Crippen molar-refractivity contribution in [2.45, 2.75) is 19.4 Å². The molecule has 0 bridgehead atoms. The Kier molecular flexibility index (Phi) is 6.74. The minimum absolute atomic E-state index is 0.0515. The number of hydrogen-bond acceptors (Lipinski definition) is 3. The Balaban J connectivity index is 2.74. The Bertz CT molecular complexity index is 514. The minimum Gasteiger partial charge on any atom is -0.478 e. The molecule has 1 unspecified atom stereocenters. The highest BCUT2D eigenvalue weighted by Gasteiger charge is 2.15. The summed E-state index contributed by atoms with van der Waals surface area (Å²) in [6.45, 7) is 2.35. The van der Waals surface area contributed by atoms with Crippen molar-refractivity contribution in [1.29, 1.82) is 0 Å². The number of urea groups is 1. The average molecular weight is 335 g/mol. The molecule has 0 aliphatic carbocycles. The molecule has 0 aromatic heterocycles. The first-order valence-electron chi connectivity index (χ1n) is 6.14. The molecule has 8 heteroatoms. The number of carbonyl (C=O) groups is 2. The van der Waals surface area contributed by atoms with Gasteiger partial charge in [-0.15, -0.1) is 0 Å². The number of hydrogen-bond donors (Lipinski definition) is 3. The molecule has 1 rings (SSSR count). The van der Waals surface area contributed by atoms with Gasteiger partial charge >= 0.3 is 12.0 Å². The number of halogens is 2. The third-order valence-corrected chi connectivity index (χ3v) is 3.26. The van der Waals surface area contributed by atoms with Gasteiger partial charge in [0.1, 0.15) is 0 Å². The van der Waals surface area contributed by atoms with Gasteiger partial charge in [0.2, 0.25) is 0 Å². The Morgan fingerprint density at radius 1 is 1.33 bits per heavy atom. The van der Waals surface area contributed by atoms with Crippen molar-refractivity contribution in [2.75, 3.05) is 19.0 Å². The van der Waals surface area contributed by atoms with E-state index in [1.54, 1.807) is 7.11 Å². The monoisotopic (exact) mass is 334 g/mol. The first-order valence-corrected chi connectivity index (χ1v) is 6.89. The van der Waals surface area contributed by atoms with Gasteiger partial charge in [0, 0.05) is 19.8 Å². The molecule has 0 fully saturated rings. The summed E-state index contributed by atoms with van der Waals surface area (Å²) in [5, 5.41) is 14.2. The molecule has 6 nitrogen and oxygen atoms in total. The molecule has 21 heavy (non-hydrogen) atoms. The highest BCUT2D eigenvalue weighted by molar-refractivity contribution is 6.40. The summed E-state index contributed by atoms with van der Waals surface area (Å²) >= 11 is 11.9. The zero-order valence-corrected chi connectivity index (χ0v) is 13.1. The maximum atomic E-state index is 11.8. The van der Waals surface area contributed by atoms with Crippen molar-refractivity contribution in [2.24, 2.45) is 0 Å².